The number of hydrogen-bond donors (Lipinski definition) is 1. The van der Waals surface area contributed by atoms with Gasteiger partial charge in [0.05, 0.1) is 14.2 Å². The maximum absolute atomic E-state index is 11.1. The molecule has 0 aliphatic heterocycles. The molecule has 0 spiro atoms. The Bertz CT molecular complexity index is 449. The SMILES string of the molecule is COC(=O)COc1c(CC(C)N)cc(Cl)cc1OC. The molecule has 106 valence electrons. The number of methoxy groups -OCH3 is 2. The maximum Gasteiger partial charge on any atom is 0.343 e. The lowest BCUT2D eigenvalue weighted by Crippen LogP contribution is -2.19. The highest BCUT2D eigenvalue weighted by molar-refractivity contribution is 6.30. The Hall–Kier alpha value is -1.46. The van der Waals surface area contributed by atoms with Crippen LogP contribution >= 0.6 is 11.6 Å². The van der Waals surface area contributed by atoms with Crippen molar-refractivity contribution in [3.63, 3.8) is 0 Å². The van der Waals surface area contributed by atoms with Crippen LogP contribution in [0.1, 0.15) is 12.5 Å². The lowest BCUT2D eigenvalue weighted by Gasteiger charge is -2.16. The molecule has 0 fully saturated rings. The average molecular weight is 288 g/mol. The highest BCUT2D eigenvalue weighted by atomic mass is 35.5. The molecule has 0 aliphatic carbocycles. The number of rotatable bonds is 6. The Morgan fingerprint density at radius 1 is 1.42 bits per heavy atom. The summed E-state index contributed by atoms with van der Waals surface area (Å²) in [4.78, 5) is 11.1. The fourth-order valence-corrected chi connectivity index (χ4v) is 1.86. The van der Waals surface area contributed by atoms with Gasteiger partial charge in [-0.1, -0.05) is 11.6 Å². The van der Waals surface area contributed by atoms with E-state index < -0.39 is 5.97 Å². The van der Waals surface area contributed by atoms with E-state index in [0.717, 1.165) is 5.56 Å². The average Bonchev–Trinajstić information content (AvgIpc) is 2.35. The van der Waals surface area contributed by atoms with E-state index in [-0.39, 0.29) is 12.6 Å². The van der Waals surface area contributed by atoms with E-state index in [1.807, 2.05) is 6.92 Å². The van der Waals surface area contributed by atoms with E-state index in [9.17, 15) is 4.79 Å². The molecule has 0 heterocycles. The van der Waals surface area contributed by atoms with Crippen molar-refractivity contribution < 1.29 is 19.0 Å². The minimum atomic E-state index is -0.469. The van der Waals surface area contributed by atoms with Crippen LogP contribution in [0.4, 0.5) is 0 Å². The predicted octanol–water partition coefficient (Wildman–Crippen LogP) is 1.79. The number of esters is 1. The first kappa shape index (κ1) is 15.6. The van der Waals surface area contributed by atoms with Gasteiger partial charge in [0.25, 0.3) is 0 Å². The van der Waals surface area contributed by atoms with Gasteiger partial charge in [0, 0.05) is 22.7 Å². The standard InChI is InChI=1S/C13H18ClNO4/c1-8(15)4-9-5-10(14)6-11(17-2)13(9)19-7-12(16)18-3/h5-6,8H,4,7,15H2,1-3H3. The molecule has 0 bridgehead atoms. The van der Waals surface area contributed by atoms with Gasteiger partial charge in [0.15, 0.2) is 18.1 Å². The third-order valence-corrected chi connectivity index (χ3v) is 2.64. The van der Waals surface area contributed by atoms with Crippen molar-refractivity contribution in [3.05, 3.63) is 22.7 Å². The van der Waals surface area contributed by atoms with Crippen LogP contribution in [-0.2, 0) is 16.0 Å². The summed E-state index contributed by atoms with van der Waals surface area (Å²) in [6.07, 6.45) is 0.563. The fourth-order valence-electron chi connectivity index (χ4n) is 1.63. The summed E-state index contributed by atoms with van der Waals surface area (Å²) < 4.78 is 15.2. The lowest BCUT2D eigenvalue weighted by molar-refractivity contribution is -0.142. The first-order valence-electron chi connectivity index (χ1n) is 5.79. The van der Waals surface area contributed by atoms with Gasteiger partial charge in [-0.3, -0.25) is 0 Å². The van der Waals surface area contributed by atoms with Crippen LogP contribution in [0.5, 0.6) is 11.5 Å². The van der Waals surface area contributed by atoms with Crippen LogP contribution in [0.2, 0.25) is 5.02 Å². The number of carbonyl (C=O) groups excluding carboxylic acids is 1. The normalized spacial score (nSPS) is 11.8. The quantitative estimate of drug-likeness (QED) is 0.808. The number of hydrogen-bond acceptors (Lipinski definition) is 5. The van der Waals surface area contributed by atoms with Gasteiger partial charge in [-0.2, -0.15) is 0 Å². The molecule has 0 saturated carbocycles. The molecule has 0 aliphatic rings. The van der Waals surface area contributed by atoms with Crippen molar-refractivity contribution in [1.29, 1.82) is 0 Å². The van der Waals surface area contributed by atoms with Gasteiger partial charge in [-0.25, -0.2) is 4.79 Å². The lowest BCUT2D eigenvalue weighted by atomic mass is 10.1. The zero-order chi connectivity index (χ0) is 14.4. The molecule has 0 aromatic heterocycles. The minimum absolute atomic E-state index is 0.0661. The van der Waals surface area contributed by atoms with Gasteiger partial charge >= 0.3 is 5.97 Å². The molecular weight excluding hydrogens is 270 g/mol. The highest BCUT2D eigenvalue weighted by Gasteiger charge is 2.15. The smallest absolute Gasteiger partial charge is 0.343 e. The summed E-state index contributed by atoms with van der Waals surface area (Å²) in [5.74, 6) is 0.463. The number of benzene rings is 1. The first-order valence-corrected chi connectivity index (χ1v) is 6.17. The van der Waals surface area contributed by atoms with Crippen molar-refractivity contribution in [2.75, 3.05) is 20.8 Å². The van der Waals surface area contributed by atoms with Crippen molar-refractivity contribution in [2.24, 2.45) is 5.73 Å². The molecule has 1 aromatic rings. The predicted molar refractivity (Wildman–Crippen MR) is 72.9 cm³/mol. The van der Waals surface area contributed by atoms with Crippen LogP contribution < -0.4 is 15.2 Å². The van der Waals surface area contributed by atoms with Crippen LogP contribution in [0.15, 0.2) is 12.1 Å². The van der Waals surface area contributed by atoms with Crippen LogP contribution in [0, 0.1) is 0 Å². The Kier molecular flexibility index (Phi) is 5.92. The Morgan fingerprint density at radius 2 is 2.11 bits per heavy atom. The summed E-state index contributed by atoms with van der Waals surface area (Å²) in [6, 6.07) is 3.31. The maximum atomic E-state index is 11.1. The van der Waals surface area contributed by atoms with Crippen LogP contribution in [0.3, 0.4) is 0 Å². The number of halogens is 1. The second-order valence-electron chi connectivity index (χ2n) is 4.14. The summed E-state index contributed by atoms with van der Waals surface area (Å²) in [5, 5.41) is 0.526. The number of ether oxygens (including phenoxy) is 3. The molecule has 2 N–H and O–H groups in total. The topological polar surface area (TPSA) is 70.8 Å². The molecule has 0 radical (unpaired) electrons. The number of carbonyl (C=O) groups is 1. The van der Waals surface area contributed by atoms with E-state index in [1.165, 1.54) is 14.2 Å². The Balaban J connectivity index is 3.05. The number of nitrogens with two attached hydrogens (primary N) is 1. The molecular formula is C13H18ClNO4. The first-order chi connectivity index (χ1) is 8.97. The van der Waals surface area contributed by atoms with Crippen molar-refractivity contribution in [3.8, 4) is 11.5 Å². The monoisotopic (exact) mass is 287 g/mol. The third kappa shape index (κ3) is 4.61. The third-order valence-electron chi connectivity index (χ3n) is 2.42. The van der Waals surface area contributed by atoms with Gasteiger partial charge in [0.1, 0.15) is 0 Å². The molecule has 0 saturated heterocycles. The summed E-state index contributed by atoms with van der Waals surface area (Å²) in [5.41, 5.74) is 6.58. The molecule has 1 unspecified atom stereocenters. The van der Waals surface area contributed by atoms with Gasteiger partial charge < -0.3 is 19.9 Å². The summed E-state index contributed by atoms with van der Waals surface area (Å²) in [6.45, 7) is 1.68. The summed E-state index contributed by atoms with van der Waals surface area (Å²) >= 11 is 6.01. The van der Waals surface area contributed by atoms with Crippen LogP contribution in [0.25, 0.3) is 0 Å². The largest absolute Gasteiger partial charge is 0.493 e. The van der Waals surface area contributed by atoms with E-state index >= 15 is 0 Å². The van der Waals surface area contributed by atoms with Gasteiger partial charge in [-0.05, 0) is 19.4 Å². The van der Waals surface area contributed by atoms with Crippen molar-refractivity contribution in [1.82, 2.24) is 0 Å². The zero-order valence-corrected chi connectivity index (χ0v) is 12.0. The molecule has 1 rings (SSSR count). The zero-order valence-electron chi connectivity index (χ0n) is 11.2. The summed E-state index contributed by atoms with van der Waals surface area (Å²) in [7, 11) is 2.81. The molecule has 19 heavy (non-hydrogen) atoms. The molecule has 0 amide bonds. The van der Waals surface area contributed by atoms with Gasteiger partial charge in [0.2, 0.25) is 0 Å². The van der Waals surface area contributed by atoms with E-state index in [4.69, 9.17) is 26.8 Å². The highest BCUT2D eigenvalue weighted by Crippen LogP contribution is 2.35. The molecule has 1 atom stereocenters. The second kappa shape index (κ2) is 7.21. The Labute approximate surface area is 117 Å². The van der Waals surface area contributed by atoms with Crippen LogP contribution in [-0.4, -0.2) is 32.8 Å². The molecule has 1 aromatic carbocycles. The fraction of sp³-hybridized carbons (Fsp3) is 0.462. The minimum Gasteiger partial charge on any atom is -0.493 e. The van der Waals surface area contributed by atoms with Gasteiger partial charge in [-0.15, -0.1) is 0 Å². The second-order valence-corrected chi connectivity index (χ2v) is 4.58. The van der Waals surface area contributed by atoms with E-state index in [0.29, 0.717) is 22.9 Å². The van der Waals surface area contributed by atoms with E-state index in [2.05, 4.69) is 4.74 Å². The Morgan fingerprint density at radius 3 is 2.63 bits per heavy atom. The molecule has 5 nitrogen and oxygen atoms in total. The van der Waals surface area contributed by atoms with Crippen molar-refractivity contribution in [2.45, 2.75) is 19.4 Å². The van der Waals surface area contributed by atoms with E-state index in [1.54, 1.807) is 12.1 Å². The molecule has 6 heteroatoms. The van der Waals surface area contributed by atoms with Crippen molar-refractivity contribution >= 4 is 17.6 Å².